The molecule has 1 aliphatic heterocycles. The molecule has 0 radical (unpaired) electrons. The zero-order chi connectivity index (χ0) is 23.3. The number of aromatic nitrogens is 1. The molecule has 0 unspecified atom stereocenters. The van der Waals surface area contributed by atoms with Crippen LogP contribution in [0.2, 0.25) is 0 Å². The minimum absolute atomic E-state index is 0.0904. The monoisotopic (exact) mass is 451 g/mol. The maximum absolute atomic E-state index is 13.3. The van der Waals surface area contributed by atoms with Crippen molar-refractivity contribution in [3.63, 3.8) is 0 Å². The minimum atomic E-state index is -5.08. The first kappa shape index (κ1) is 23.1. The van der Waals surface area contributed by atoms with Gasteiger partial charge in [0.25, 0.3) is 5.91 Å². The number of nitrogens with zero attached hydrogens (tertiary/aromatic N) is 1. The van der Waals surface area contributed by atoms with Crippen LogP contribution in [-0.2, 0) is 11.3 Å². The van der Waals surface area contributed by atoms with E-state index in [0.29, 0.717) is 12.1 Å². The van der Waals surface area contributed by atoms with Crippen LogP contribution < -0.4 is 10.2 Å². The molecule has 2 aromatic carbocycles. The first-order valence-electron chi connectivity index (χ1n) is 9.84. The predicted octanol–water partition coefficient (Wildman–Crippen LogP) is 4.47. The molecule has 0 aliphatic carbocycles. The van der Waals surface area contributed by atoms with Crippen LogP contribution in [0.5, 0.6) is 0 Å². The summed E-state index contributed by atoms with van der Waals surface area (Å²) in [4.78, 5) is 27.0. The van der Waals surface area contributed by atoms with E-state index in [2.05, 4.69) is 15.2 Å². The number of alkyl halides is 3. The summed E-state index contributed by atoms with van der Waals surface area (Å²) in [6.07, 6.45) is -2.75. The molecule has 0 spiro atoms. The van der Waals surface area contributed by atoms with Crippen LogP contribution in [0.1, 0.15) is 28.9 Å². The number of amides is 1. The molecule has 0 atom stereocenters. The largest absolute Gasteiger partial charge is 0.490 e. The number of carbonyl (C=O) groups is 2. The van der Waals surface area contributed by atoms with Crippen LogP contribution in [0.4, 0.5) is 23.2 Å². The van der Waals surface area contributed by atoms with Crippen molar-refractivity contribution >= 4 is 28.5 Å². The summed E-state index contributed by atoms with van der Waals surface area (Å²) >= 11 is 0. The second kappa shape index (κ2) is 9.71. The number of anilines is 1. The van der Waals surface area contributed by atoms with E-state index in [4.69, 9.17) is 9.90 Å². The Morgan fingerprint density at radius 3 is 2.38 bits per heavy atom. The van der Waals surface area contributed by atoms with Gasteiger partial charge in [-0.05, 0) is 49.2 Å². The van der Waals surface area contributed by atoms with Gasteiger partial charge in [0.05, 0.1) is 12.1 Å². The number of fused-ring (bicyclic) bond motifs is 1. The van der Waals surface area contributed by atoms with Crippen LogP contribution >= 0.6 is 0 Å². The zero-order valence-electron chi connectivity index (χ0n) is 16.9. The number of H-pyrrole nitrogens is 1. The molecule has 0 saturated carbocycles. The fourth-order valence-electron chi connectivity index (χ4n) is 3.43. The zero-order valence-corrected chi connectivity index (χ0v) is 16.9. The highest BCUT2D eigenvalue weighted by Gasteiger charge is 2.38. The van der Waals surface area contributed by atoms with Gasteiger partial charge in [0.2, 0.25) is 0 Å². The lowest BCUT2D eigenvalue weighted by atomic mass is 10.1. The van der Waals surface area contributed by atoms with Gasteiger partial charge in [-0.2, -0.15) is 13.2 Å². The molecule has 1 amide bonds. The maximum atomic E-state index is 13.3. The van der Waals surface area contributed by atoms with Crippen LogP contribution in [-0.4, -0.2) is 41.2 Å². The Kier molecular flexibility index (Phi) is 7.01. The first-order chi connectivity index (χ1) is 15.1. The standard InChI is InChI=1S/C20H20FN3O.C2HF3O2/c21-15-7-8-18-14(11-15)12-16(23-18)13-22-20(25)17-5-1-2-6-19(17)24-9-3-4-10-24;3-2(4,5)1(6)7/h1-2,5-8,11-12,23H,3-4,9-10,13H2,(H,22,25);(H,6,7). The molecule has 3 N–H and O–H groups in total. The third-order valence-electron chi connectivity index (χ3n) is 4.92. The number of aromatic amines is 1. The van der Waals surface area contributed by atoms with E-state index in [1.807, 2.05) is 30.3 Å². The Hall–Kier alpha value is -3.56. The number of aliphatic carboxylic acids is 1. The molecule has 170 valence electrons. The van der Waals surface area contributed by atoms with E-state index in [1.54, 1.807) is 6.07 Å². The quantitative estimate of drug-likeness (QED) is 0.511. The first-order valence-corrected chi connectivity index (χ1v) is 9.84. The van der Waals surface area contributed by atoms with E-state index in [9.17, 15) is 22.4 Å². The molecule has 3 aromatic rings. The molecule has 1 aromatic heterocycles. The van der Waals surface area contributed by atoms with Gasteiger partial charge < -0.3 is 20.3 Å². The number of halogens is 4. The minimum Gasteiger partial charge on any atom is -0.475 e. The second-order valence-corrected chi connectivity index (χ2v) is 7.22. The topological polar surface area (TPSA) is 85.4 Å². The molecule has 32 heavy (non-hydrogen) atoms. The smallest absolute Gasteiger partial charge is 0.475 e. The third kappa shape index (κ3) is 5.77. The number of hydrogen-bond donors (Lipinski definition) is 3. The Labute approximate surface area is 180 Å². The molecule has 0 bridgehead atoms. The summed E-state index contributed by atoms with van der Waals surface area (Å²) in [6, 6.07) is 14.2. The van der Waals surface area contributed by atoms with Gasteiger partial charge in [-0.1, -0.05) is 12.1 Å². The van der Waals surface area contributed by atoms with Crippen molar-refractivity contribution in [2.45, 2.75) is 25.6 Å². The molecule has 2 heterocycles. The lowest BCUT2D eigenvalue weighted by Crippen LogP contribution is -2.27. The number of carbonyl (C=O) groups excluding carboxylic acids is 1. The maximum Gasteiger partial charge on any atom is 0.490 e. The number of carboxylic acids is 1. The molecule has 4 rings (SSSR count). The van der Waals surface area contributed by atoms with Crippen molar-refractivity contribution in [2.24, 2.45) is 0 Å². The summed E-state index contributed by atoms with van der Waals surface area (Å²) in [5, 5.41) is 10.9. The van der Waals surface area contributed by atoms with Gasteiger partial charge in [0, 0.05) is 35.4 Å². The molecular formula is C22H21F4N3O3. The number of rotatable bonds is 4. The Bertz CT molecular complexity index is 1110. The summed E-state index contributed by atoms with van der Waals surface area (Å²) in [5.74, 6) is -3.11. The van der Waals surface area contributed by atoms with Gasteiger partial charge in [0.15, 0.2) is 0 Å². The number of nitrogens with one attached hydrogen (secondary N) is 2. The summed E-state index contributed by atoms with van der Waals surface area (Å²) in [7, 11) is 0. The van der Waals surface area contributed by atoms with Crippen molar-refractivity contribution in [1.29, 1.82) is 0 Å². The Balaban J connectivity index is 0.000000360. The van der Waals surface area contributed by atoms with Crippen LogP contribution in [0.15, 0.2) is 48.5 Å². The normalized spacial score (nSPS) is 13.6. The SMILES string of the molecule is O=C(NCc1cc2cc(F)ccc2[nH]1)c1ccccc1N1CCCC1.O=C(O)C(F)(F)F. The highest BCUT2D eigenvalue weighted by Crippen LogP contribution is 2.24. The number of hydrogen-bond acceptors (Lipinski definition) is 3. The highest BCUT2D eigenvalue weighted by molar-refractivity contribution is 5.99. The van der Waals surface area contributed by atoms with Crippen molar-refractivity contribution in [1.82, 2.24) is 10.3 Å². The number of benzene rings is 2. The molecule has 1 saturated heterocycles. The fraction of sp³-hybridized carbons (Fsp3) is 0.273. The van der Waals surface area contributed by atoms with Crippen LogP contribution in [0, 0.1) is 5.82 Å². The van der Waals surface area contributed by atoms with Crippen molar-refractivity contribution < 1.29 is 32.3 Å². The molecule has 1 aliphatic rings. The van der Waals surface area contributed by atoms with E-state index >= 15 is 0 Å². The van der Waals surface area contributed by atoms with E-state index in [-0.39, 0.29) is 11.7 Å². The number of carboxylic acid groups (broad SMARTS) is 1. The molecular weight excluding hydrogens is 430 g/mol. The van der Waals surface area contributed by atoms with E-state index in [1.165, 1.54) is 25.0 Å². The van der Waals surface area contributed by atoms with Crippen LogP contribution in [0.3, 0.4) is 0 Å². The molecule has 1 fully saturated rings. The highest BCUT2D eigenvalue weighted by atomic mass is 19.4. The third-order valence-corrected chi connectivity index (χ3v) is 4.92. The van der Waals surface area contributed by atoms with Gasteiger partial charge in [0.1, 0.15) is 5.82 Å². The summed E-state index contributed by atoms with van der Waals surface area (Å²) in [5.41, 5.74) is 3.42. The van der Waals surface area contributed by atoms with Gasteiger partial charge in [-0.25, -0.2) is 9.18 Å². The number of para-hydroxylation sites is 1. The summed E-state index contributed by atoms with van der Waals surface area (Å²) in [6.45, 7) is 2.37. The van der Waals surface area contributed by atoms with E-state index in [0.717, 1.165) is 35.4 Å². The van der Waals surface area contributed by atoms with Gasteiger partial charge in [-0.15, -0.1) is 0 Å². The second-order valence-electron chi connectivity index (χ2n) is 7.22. The Morgan fingerprint density at radius 1 is 1.06 bits per heavy atom. The fourth-order valence-corrected chi connectivity index (χ4v) is 3.43. The summed E-state index contributed by atoms with van der Waals surface area (Å²) < 4.78 is 45.0. The van der Waals surface area contributed by atoms with Crippen molar-refractivity contribution in [3.05, 3.63) is 65.6 Å². The molecule has 6 nitrogen and oxygen atoms in total. The van der Waals surface area contributed by atoms with Crippen molar-refractivity contribution in [2.75, 3.05) is 18.0 Å². The van der Waals surface area contributed by atoms with Crippen LogP contribution in [0.25, 0.3) is 10.9 Å². The lowest BCUT2D eigenvalue weighted by molar-refractivity contribution is -0.192. The lowest BCUT2D eigenvalue weighted by Gasteiger charge is -2.20. The van der Waals surface area contributed by atoms with Crippen molar-refractivity contribution in [3.8, 4) is 0 Å². The predicted molar refractivity (Wildman–Crippen MR) is 111 cm³/mol. The average molecular weight is 451 g/mol. The van der Waals surface area contributed by atoms with E-state index < -0.39 is 12.1 Å². The molecule has 10 heteroatoms. The van der Waals surface area contributed by atoms with Gasteiger partial charge >= 0.3 is 12.1 Å². The average Bonchev–Trinajstić information content (AvgIpc) is 3.41. The van der Waals surface area contributed by atoms with Gasteiger partial charge in [-0.3, -0.25) is 4.79 Å². The Morgan fingerprint density at radius 2 is 1.72 bits per heavy atom.